The first-order valence-corrected chi connectivity index (χ1v) is 10.9. The van der Waals surface area contributed by atoms with E-state index < -0.39 is 11.7 Å². The fourth-order valence-corrected chi connectivity index (χ4v) is 5.41. The van der Waals surface area contributed by atoms with Crippen LogP contribution in [0.5, 0.6) is 0 Å². The van der Waals surface area contributed by atoms with E-state index in [1.807, 2.05) is 48.6 Å². The molecule has 0 aliphatic carbocycles. The third-order valence-electron chi connectivity index (χ3n) is 4.61. The predicted molar refractivity (Wildman–Crippen MR) is 115 cm³/mol. The van der Waals surface area contributed by atoms with Gasteiger partial charge in [-0.25, -0.2) is 0 Å². The first-order chi connectivity index (χ1) is 14.0. The molecule has 0 saturated carbocycles. The number of halogens is 3. The van der Waals surface area contributed by atoms with E-state index in [-0.39, 0.29) is 14.5 Å². The van der Waals surface area contributed by atoms with E-state index in [9.17, 15) is 13.2 Å². The molecule has 0 N–H and O–H groups in total. The van der Waals surface area contributed by atoms with E-state index in [4.69, 9.17) is 0 Å². The van der Waals surface area contributed by atoms with Crippen LogP contribution in [0.3, 0.4) is 0 Å². The van der Waals surface area contributed by atoms with Crippen LogP contribution in [-0.4, -0.2) is 14.5 Å². The van der Waals surface area contributed by atoms with Crippen molar-refractivity contribution in [1.82, 2.24) is 0 Å². The Morgan fingerprint density at radius 3 is 1.83 bits per heavy atom. The van der Waals surface area contributed by atoms with Crippen LogP contribution in [-0.2, 0) is 6.18 Å². The van der Waals surface area contributed by atoms with Crippen molar-refractivity contribution in [2.45, 2.75) is 6.18 Å². The topological polar surface area (TPSA) is 0 Å². The Hall–Kier alpha value is -2.81. The maximum atomic E-state index is 12.8. The number of rotatable bonds is 4. The minimum atomic E-state index is -4.31. The molecule has 0 spiro atoms. The van der Waals surface area contributed by atoms with E-state index in [0.29, 0.717) is 0 Å². The Balaban J connectivity index is 1.73. The molecule has 0 amide bonds. The van der Waals surface area contributed by atoms with Crippen molar-refractivity contribution >= 4 is 26.7 Å². The van der Waals surface area contributed by atoms with Gasteiger partial charge in [0.25, 0.3) is 0 Å². The van der Waals surface area contributed by atoms with E-state index in [2.05, 4.69) is 29.2 Å². The van der Waals surface area contributed by atoms with E-state index in [0.717, 1.165) is 28.8 Å². The van der Waals surface area contributed by atoms with Crippen LogP contribution in [0.25, 0.3) is 33.3 Å². The molecule has 0 fully saturated rings. The summed E-state index contributed by atoms with van der Waals surface area (Å²) >= 11 is 0.187. The third kappa shape index (κ3) is 4.45. The summed E-state index contributed by atoms with van der Waals surface area (Å²) in [5, 5.41) is 0. The zero-order valence-electron chi connectivity index (χ0n) is 15.4. The van der Waals surface area contributed by atoms with Crippen LogP contribution < -0.4 is 0 Å². The van der Waals surface area contributed by atoms with Crippen LogP contribution in [0.1, 0.15) is 16.7 Å². The second-order valence-electron chi connectivity index (χ2n) is 6.58. The second kappa shape index (κ2) is 8.28. The summed E-state index contributed by atoms with van der Waals surface area (Å²) in [5.74, 6) is 0. The second-order valence-corrected chi connectivity index (χ2v) is 8.43. The van der Waals surface area contributed by atoms with Crippen molar-refractivity contribution in [2.24, 2.45) is 0 Å². The summed E-state index contributed by atoms with van der Waals surface area (Å²) in [6, 6.07) is 25.8. The summed E-state index contributed by atoms with van der Waals surface area (Å²) in [7, 11) is 0. The molecular weight excluding hydrogens is 436 g/mol. The van der Waals surface area contributed by atoms with Crippen LogP contribution in [0, 0.1) is 0 Å². The Kier molecular flexibility index (Phi) is 5.57. The normalized spacial score (nSPS) is 11.8. The Bertz CT molecular complexity index is 1110. The van der Waals surface area contributed by atoms with Gasteiger partial charge in [-0.3, -0.25) is 0 Å². The minimum absolute atomic E-state index is 0.187. The number of alkyl halides is 3. The standard InChI is InChI=1S/C25H17F3Se/c26-25(27,28)22-15-12-18(13-16-22)11-14-21-17-29-24(20-9-5-2-6-10-20)23(21)19-7-3-1-4-8-19/h1-17H/b14-11+. The summed E-state index contributed by atoms with van der Waals surface area (Å²) in [4.78, 5) is 2.23. The molecular formula is C25H17F3Se. The van der Waals surface area contributed by atoms with Crippen molar-refractivity contribution < 1.29 is 13.2 Å². The van der Waals surface area contributed by atoms with Gasteiger partial charge in [-0.1, -0.05) is 0 Å². The molecule has 4 aromatic rings. The molecule has 0 nitrogen and oxygen atoms in total. The van der Waals surface area contributed by atoms with E-state index >= 15 is 0 Å². The van der Waals surface area contributed by atoms with Crippen molar-refractivity contribution in [1.29, 1.82) is 0 Å². The van der Waals surface area contributed by atoms with Gasteiger partial charge in [0.15, 0.2) is 0 Å². The Labute approximate surface area is 173 Å². The average molecular weight is 453 g/mol. The molecule has 0 aliphatic rings. The molecule has 0 radical (unpaired) electrons. The first-order valence-electron chi connectivity index (χ1n) is 9.10. The molecule has 0 aliphatic heterocycles. The van der Waals surface area contributed by atoms with Crippen molar-refractivity contribution in [3.05, 3.63) is 107 Å². The molecule has 1 heterocycles. The van der Waals surface area contributed by atoms with Gasteiger partial charge in [-0.15, -0.1) is 0 Å². The molecule has 29 heavy (non-hydrogen) atoms. The fourth-order valence-electron chi connectivity index (χ4n) is 3.17. The molecule has 0 unspecified atom stereocenters. The number of hydrogen-bond donors (Lipinski definition) is 0. The molecule has 4 heteroatoms. The fraction of sp³-hybridized carbons (Fsp3) is 0.0400. The van der Waals surface area contributed by atoms with Crippen LogP contribution in [0.4, 0.5) is 13.2 Å². The quantitative estimate of drug-likeness (QED) is 0.285. The van der Waals surface area contributed by atoms with Gasteiger partial charge in [0.05, 0.1) is 0 Å². The molecule has 0 atom stereocenters. The zero-order valence-corrected chi connectivity index (χ0v) is 17.1. The summed E-state index contributed by atoms with van der Waals surface area (Å²) in [6.07, 6.45) is -0.436. The molecule has 3 aromatic carbocycles. The molecule has 144 valence electrons. The van der Waals surface area contributed by atoms with E-state index in [1.54, 1.807) is 0 Å². The summed E-state index contributed by atoms with van der Waals surface area (Å²) in [5.41, 5.74) is 4.77. The number of benzene rings is 3. The molecule has 1 aromatic heterocycles. The van der Waals surface area contributed by atoms with Crippen molar-refractivity contribution in [3.8, 4) is 21.1 Å². The van der Waals surface area contributed by atoms with Gasteiger partial charge in [0.1, 0.15) is 0 Å². The maximum absolute atomic E-state index is 12.8. The first kappa shape index (κ1) is 19.5. The van der Waals surface area contributed by atoms with Gasteiger partial charge in [0, 0.05) is 0 Å². The van der Waals surface area contributed by atoms with Gasteiger partial charge in [-0.05, 0) is 0 Å². The number of hydrogen-bond acceptors (Lipinski definition) is 0. The van der Waals surface area contributed by atoms with Gasteiger partial charge in [0.2, 0.25) is 0 Å². The van der Waals surface area contributed by atoms with Gasteiger partial charge < -0.3 is 0 Å². The SMILES string of the molecule is FC(F)(F)c1ccc(/C=C/c2c[se]c(-c3ccccc3)c2-c2ccccc2)cc1. The third-order valence-corrected chi connectivity index (χ3v) is 6.81. The average Bonchev–Trinajstić information content (AvgIpc) is 3.17. The Morgan fingerprint density at radius 2 is 1.24 bits per heavy atom. The van der Waals surface area contributed by atoms with Gasteiger partial charge >= 0.3 is 174 Å². The van der Waals surface area contributed by atoms with Crippen LogP contribution in [0.2, 0.25) is 0 Å². The molecule has 0 bridgehead atoms. The monoisotopic (exact) mass is 454 g/mol. The van der Waals surface area contributed by atoms with Gasteiger partial charge in [-0.2, -0.15) is 0 Å². The van der Waals surface area contributed by atoms with Crippen molar-refractivity contribution in [2.75, 3.05) is 0 Å². The summed E-state index contributed by atoms with van der Waals surface area (Å²) < 4.78 is 39.6. The predicted octanol–water partition coefficient (Wildman–Crippen LogP) is 7.27. The van der Waals surface area contributed by atoms with Crippen LogP contribution in [0.15, 0.2) is 89.9 Å². The Morgan fingerprint density at radius 1 is 0.655 bits per heavy atom. The van der Waals surface area contributed by atoms with Crippen LogP contribution >= 0.6 is 0 Å². The van der Waals surface area contributed by atoms with Crippen molar-refractivity contribution in [3.63, 3.8) is 0 Å². The zero-order chi connectivity index (χ0) is 20.3. The van der Waals surface area contributed by atoms with E-state index in [1.165, 1.54) is 27.7 Å². The molecule has 0 saturated heterocycles. The summed E-state index contributed by atoms with van der Waals surface area (Å²) in [6.45, 7) is 0. The molecule has 4 rings (SSSR count).